The van der Waals surface area contributed by atoms with E-state index in [0.717, 1.165) is 10.9 Å². The Morgan fingerprint density at radius 1 is 1.16 bits per heavy atom. The molecule has 21 heteroatoms. The minimum atomic E-state index is -5.37. The van der Waals surface area contributed by atoms with Gasteiger partial charge in [-0.05, 0) is 6.92 Å². The van der Waals surface area contributed by atoms with Crippen LogP contribution in [0.3, 0.4) is 0 Å². The molecule has 0 saturated carbocycles. The van der Waals surface area contributed by atoms with Crippen LogP contribution in [-0.2, 0) is 32.0 Å². The summed E-state index contributed by atoms with van der Waals surface area (Å²) in [6, 6.07) is 0. The third-order valence-corrected chi connectivity index (χ3v) is 8.20. The van der Waals surface area contributed by atoms with Crippen molar-refractivity contribution in [2.75, 3.05) is 12.3 Å². The first-order chi connectivity index (χ1) is 17.2. The van der Waals surface area contributed by atoms with E-state index in [9.17, 15) is 44.1 Å². The van der Waals surface area contributed by atoms with Gasteiger partial charge < -0.3 is 45.4 Å². The highest BCUT2D eigenvalue weighted by molar-refractivity contribution is 7.61. The summed E-state index contributed by atoms with van der Waals surface area (Å²) in [6.45, 7) is 0.484. The number of nitrogens with zero attached hydrogens (tertiary/aromatic N) is 3. The molecule has 2 unspecified atom stereocenters. The van der Waals surface area contributed by atoms with Gasteiger partial charge in [0.1, 0.15) is 24.4 Å². The molecule has 0 aliphatic carbocycles. The van der Waals surface area contributed by atoms with Crippen LogP contribution < -0.4 is 11.3 Å². The molecule has 4 rings (SSSR count). The quantitative estimate of drug-likeness (QED) is 0.150. The molecule has 2 saturated heterocycles. The molecule has 2 aliphatic rings. The summed E-state index contributed by atoms with van der Waals surface area (Å²) >= 11 is 0. The smallest absolute Gasteiger partial charge is 0.390 e. The Hall–Kier alpha value is -1.83. The van der Waals surface area contributed by atoms with Gasteiger partial charge in [-0.15, -0.1) is 0 Å². The van der Waals surface area contributed by atoms with Gasteiger partial charge in [0.15, 0.2) is 23.7 Å². The average molecular weight is 573 g/mol. The highest BCUT2D eigenvalue weighted by Crippen LogP contribution is 2.61. The second kappa shape index (κ2) is 10.4. The zero-order chi connectivity index (χ0) is 27.3. The van der Waals surface area contributed by atoms with Gasteiger partial charge in [0.25, 0.3) is 5.56 Å². The van der Waals surface area contributed by atoms with Crippen molar-refractivity contribution in [3.8, 4) is 0 Å². The maximum atomic E-state index is 12.3. The standard InChI is InChI=1S/C16H25N5O14P2/c1-5-6(22)2-7(23)15(32-5)34-37(29,30)35-36(27,28)31-3-8-10(24)11(25)14(33-8)21-4-18-9-12(21)19-16(17)20-13(9)26/h4-8,10-11,14-15,22-25H,2-3H2,1H3,(H,27,28)(H,29,30)(H3,17,19,20,26)/t5-,6-,7-,8+,10+,11+,14+,15+/m0/s1. The number of ether oxygens (including phenoxy) is 2. The van der Waals surface area contributed by atoms with Gasteiger partial charge in [0.2, 0.25) is 5.95 Å². The van der Waals surface area contributed by atoms with Crippen LogP contribution in [-0.4, -0.2) is 99.3 Å². The van der Waals surface area contributed by atoms with Crippen molar-refractivity contribution in [1.29, 1.82) is 0 Å². The monoisotopic (exact) mass is 573 g/mol. The number of aliphatic hydroxyl groups excluding tert-OH is 4. The number of nitrogens with one attached hydrogen (secondary N) is 1. The normalized spacial score (nSPS) is 35.9. The fraction of sp³-hybridized carbons (Fsp3) is 0.688. The summed E-state index contributed by atoms with van der Waals surface area (Å²) in [4.78, 5) is 41.7. The molecule has 2 aromatic heterocycles. The molecule has 37 heavy (non-hydrogen) atoms. The van der Waals surface area contributed by atoms with Crippen LogP contribution in [0.25, 0.3) is 11.2 Å². The lowest BCUT2D eigenvalue weighted by molar-refractivity contribution is -0.233. The second-order valence-corrected chi connectivity index (χ2v) is 11.3. The summed E-state index contributed by atoms with van der Waals surface area (Å²) in [5, 5.41) is 40.2. The van der Waals surface area contributed by atoms with Gasteiger partial charge in [0.05, 0.1) is 25.1 Å². The van der Waals surface area contributed by atoms with Crippen molar-refractivity contribution in [2.24, 2.45) is 0 Å². The maximum absolute atomic E-state index is 12.3. The molecule has 0 aromatic carbocycles. The SMILES string of the molecule is C[C@@H]1O[C@H](OP(=O)(O)OP(=O)(O)OC[C@H]2O[C@@H](n3cnc4c(=O)[nH]c(N)nc43)[C@H](O)[C@@H]2O)[C@@H](O)C[C@@H]1O. The zero-order valence-electron chi connectivity index (χ0n) is 18.9. The van der Waals surface area contributed by atoms with Crippen molar-refractivity contribution in [1.82, 2.24) is 19.5 Å². The van der Waals surface area contributed by atoms with Crippen molar-refractivity contribution in [3.63, 3.8) is 0 Å². The van der Waals surface area contributed by atoms with Crippen LogP contribution >= 0.6 is 15.6 Å². The molecule has 4 heterocycles. The molecule has 0 amide bonds. The van der Waals surface area contributed by atoms with E-state index in [0.29, 0.717) is 0 Å². The molecule has 208 valence electrons. The molecular weight excluding hydrogens is 548 g/mol. The van der Waals surface area contributed by atoms with Crippen molar-refractivity contribution < 1.29 is 62.2 Å². The minimum Gasteiger partial charge on any atom is -0.390 e. The lowest BCUT2D eigenvalue weighted by Crippen LogP contribution is -2.46. The number of H-pyrrole nitrogens is 1. The molecule has 0 radical (unpaired) electrons. The highest BCUT2D eigenvalue weighted by atomic mass is 31.3. The first-order valence-corrected chi connectivity index (χ1v) is 13.6. The molecule has 10 atom stereocenters. The zero-order valence-corrected chi connectivity index (χ0v) is 20.7. The predicted octanol–water partition coefficient (Wildman–Crippen LogP) is -2.57. The van der Waals surface area contributed by atoms with E-state index >= 15 is 0 Å². The lowest BCUT2D eigenvalue weighted by atomic mass is 10.0. The van der Waals surface area contributed by atoms with Crippen molar-refractivity contribution >= 4 is 32.8 Å². The first-order valence-electron chi connectivity index (χ1n) is 10.6. The second-order valence-electron chi connectivity index (χ2n) is 8.32. The number of hydrogen-bond acceptors (Lipinski definition) is 15. The van der Waals surface area contributed by atoms with E-state index in [1.54, 1.807) is 0 Å². The Kier molecular flexibility index (Phi) is 7.91. The number of nitrogen functional groups attached to an aromatic ring is 1. The number of aliphatic hydroxyl groups is 4. The number of fused-ring (bicyclic) bond motifs is 1. The Morgan fingerprint density at radius 2 is 1.86 bits per heavy atom. The summed E-state index contributed by atoms with van der Waals surface area (Å²) < 4.78 is 49.5. The molecule has 0 bridgehead atoms. The fourth-order valence-electron chi connectivity index (χ4n) is 3.74. The Balaban J connectivity index is 1.39. The third-order valence-electron chi connectivity index (χ3n) is 5.60. The fourth-order valence-corrected chi connectivity index (χ4v) is 5.91. The van der Waals surface area contributed by atoms with Crippen LogP contribution in [0.4, 0.5) is 5.95 Å². The number of aromatic nitrogens is 4. The van der Waals surface area contributed by atoms with Crippen LogP contribution in [0, 0.1) is 0 Å². The molecular formula is C16H25N5O14P2. The number of phosphoric ester groups is 2. The Bertz CT molecular complexity index is 1290. The predicted molar refractivity (Wildman–Crippen MR) is 117 cm³/mol. The van der Waals surface area contributed by atoms with Crippen molar-refractivity contribution in [3.05, 3.63) is 16.7 Å². The lowest BCUT2D eigenvalue weighted by Gasteiger charge is -2.35. The molecule has 0 spiro atoms. The van der Waals surface area contributed by atoms with E-state index in [1.165, 1.54) is 6.92 Å². The molecule has 2 aromatic rings. The summed E-state index contributed by atoms with van der Waals surface area (Å²) in [6.07, 6.45) is -10.6. The van der Waals surface area contributed by atoms with Crippen LogP contribution in [0.5, 0.6) is 0 Å². The van der Waals surface area contributed by atoms with E-state index in [1.807, 2.05) is 0 Å². The Labute approximate surface area is 206 Å². The van der Waals surface area contributed by atoms with E-state index < -0.39 is 77.0 Å². The van der Waals surface area contributed by atoms with Crippen molar-refractivity contribution in [2.45, 2.75) is 62.5 Å². The number of rotatable bonds is 8. The van der Waals surface area contributed by atoms with Gasteiger partial charge in [-0.2, -0.15) is 9.29 Å². The number of aromatic amines is 1. The number of phosphoric acid groups is 2. The molecule has 9 N–H and O–H groups in total. The number of imidazole rings is 1. The number of nitrogens with two attached hydrogens (primary N) is 1. The minimum absolute atomic E-state index is 0.0810. The number of anilines is 1. The van der Waals surface area contributed by atoms with E-state index in [2.05, 4.69) is 28.3 Å². The Morgan fingerprint density at radius 3 is 2.57 bits per heavy atom. The highest BCUT2D eigenvalue weighted by Gasteiger charge is 2.47. The number of hydrogen-bond donors (Lipinski definition) is 8. The van der Waals surface area contributed by atoms with Crippen LogP contribution in [0.1, 0.15) is 19.6 Å². The van der Waals surface area contributed by atoms with Gasteiger partial charge in [-0.3, -0.25) is 23.4 Å². The van der Waals surface area contributed by atoms with Gasteiger partial charge in [-0.25, -0.2) is 14.1 Å². The van der Waals surface area contributed by atoms with Gasteiger partial charge >= 0.3 is 15.6 Å². The molecule has 2 aliphatic heterocycles. The maximum Gasteiger partial charge on any atom is 0.483 e. The van der Waals surface area contributed by atoms with Crippen LogP contribution in [0.15, 0.2) is 11.1 Å². The van der Waals surface area contributed by atoms with Gasteiger partial charge in [0, 0.05) is 6.42 Å². The topological polar surface area (TPSA) is 291 Å². The van der Waals surface area contributed by atoms with E-state index in [4.69, 9.17) is 15.2 Å². The summed E-state index contributed by atoms with van der Waals surface area (Å²) in [5.74, 6) is -0.252. The largest absolute Gasteiger partial charge is 0.483 e. The average Bonchev–Trinajstić information content (AvgIpc) is 3.31. The van der Waals surface area contributed by atoms with Gasteiger partial charge in [-0.1, -0.05) is 0 Å². The molecule has 19 nitrogen and oxygen atoms in total. The summed E-state index contributed by atoms with van der Waals surface area (Å²) in [7, 11) is -10.7. The van der Waals surface area contributed by atoms with Crippen LogP contribution in [0.2, 0.25) is 0 Å². The molecule has 2 fully saturated rings. The summed E-state index contributed by atoms with van der Waals surface area (Å²) in [5.41, 5.74) is 4.64. The third kappa shape index (κ3) is 6.10. The first kappa shape index (κ1) is 28.2. The van der Waals surface area contributed by atoms with E-state index in [-0.39, 0.29) is 23.5 Å².